The highest BCUT2D eigenvalue weighted by molar-refractivity contribution is 5.93. The molecule has 6 nitrogen and oxygen atoms in total. The highest BCUT2D eigenvalue weighted by Crippen LogP contribution is 2.22. The van der Waals surface area contributed by atoms with Crippen molar-refractivity contribution in [2.45, 2.75) is 32.1 Å². The van der Waals surface area contributed by atoms with Gasteiger partial charge in [-0.3, -0.25) is 9.59 Å². The number of nitrogens with zero attached hydrogens (tertiary/aromatic N) is 2. The van der Waals surface area contributed by atoms with Crippen molar-refractivity contribution in [1.29, 1.82) is 0 Å². The van der Waals surface area contributed by atoms with E-state index in [0.717, 1.165) is 44.3 Å². The van der Waals surface area contributed by atoms with Crippen LogP contribution >= 0.6 is 0 Å². The second kappa shape index (κ2) is 9.53. The standard InChI is InChI=1S/C22H28N2O4/c1-28-22(27)19-8-5-17(6-9-19)7-10-20(25)23-15-11-18(12-16-23)21(26)24-13-3-2-4-14-24/h5-10,18H,2-4,11-16H2,1H3/b10-7+. The molecule has 28 heavy (non-hydrogen) atoms. The largest absolute Gasteiger partial charge is 0.465 e. The summed E-state index contributed by atoms with van der Waals surface area (Å²) in [4.78, 5) is 40.3. The van der Waals surface area contributed by atoms with Crippen molar-refractivity contribution in [2.75, 3.05) is 33.3 Å². The maximum Gasteiger partial charge on any atom is 0.337 e. The van der Waals surface area contributed by atoms with Crippen LogP contribution in [-0.4, -0.2) is 60.9 Å². The summed E-state index contributed by atoms with van der Waals surface area (Å²) in [5.41, 5.74) is 1.32. The number of ether oxygens (including phenoxy) is 1. The van der Waals surface area contributed by atoms with E-state index < -0.39 is 0 Å². The molecule has 0 N–H and O–H groups in total. The molecule has 0 saturated carbocycles. The van der Waals surface area contributed by atoms with Crippen molar-refractivity contribution in [3.05, 3.63) is 41.5 Å². The van der Waals surface area contributed by atoms with Crippen molar-refractivity contribution in [1.82, 2.24) is 9.80 Å². The van der Waals surface area contributed by atoms with Gasteiger partial charge in [-0.15, -0.1) is 0 Å². The van der Waals surface area contributed by atoms with Gasteiger partial charge >= 0.3 is 5.97 Å². The van der Waals surface area contributed by atoms with Crippen LogP contribution in [0.15, 0.2) is 30.3 Å². The topological polar surface area (TPSA) is 66.9 Å². The molecule has 2 aliphatic rings. The van der Waals surface area contributed by atoms with Crippen LogP contribution in [0.25, 0.3) is 6.08 Å². The fourth-order valence-corrected chi connectivity index (χ4v) is 3.84. The number of likely N-dealkylation sites (tertiary alicyclic amines) is 2. The third-order valence-corrected chi connectivity index (χ3v) is 5.57. The molecule has 0 unspecified atom stereocenters. The van der Waals surface area contributed by atoms with Crippen LogP contribution in [0.2, 0.25) is 0 Å². The minimum absolute atomic E-state index is 0.0408. The minimum Gasteiger partial charge on any atom is -0.465 e. The molecule has 1 aromatic carbocycles. The quantitative estimate of drug-likeness (QED) is 0.591. The van der Waals surface area contributed by atoms with Crippen LogP contribution < -0.4 is 0 Å². The van der Waals surface area contributed by atoms with Gasteiger partial charge in [0.2, 0.25) is 11.8 Å². The van der Waals surface area contributed by atoms with Crippen LogP contribution in [0.4, 0.5) is 0 Å². The number of carbonyl (C=O) groups excluding carboxylic acids is 3. The van der Waals surface area contributed by atoms with E-state index >= 15 is 0 Å². The summed E-state index contributed by atoms with van der Waals surface area (Å²) in [6, 6.07) is 6.90. The lowest BCUT2D eigenvalue weighted by Gasteiger charge is -2.35. The number of carbonyl (C=O) groups is 3. The first-order valence-corrected chi connectivity index (χ1v) is 10.0. The van der Waals surface area contributed by atoms with Crippen LogP contribution in [0.5, 0.6) is 0 Å². The lowest BCUT2D eigenvalue weighted by atomic mass is 9.94. The Hall–Kier alpha value is -2.63. The summed E-state index contributed by atoms with van der Waals surface area (Å²) < 4.78 is 4.67. The van der Waals surface area contributed by atoms with Crippen molar-refractivity contribution in [2.24, 2.45) is 5.92 Å². The van der Waals surface area contributed by atoms with Gasteiger partial charge in [0.1, 0.15) is 0 Å². The first-order valence-electron chi connectivity index (χ1n) is 10.0. The Kier molecular flexibility index (Phi) is 6.85. The Balaban J connectivity index is 1.48. The van der Waals surface area contributed by atoms with E-state index in [2.05, 4.69) is 4.74 Å². The molecule has 0 spiro atoms. The predicted octanol–water partition coefficient (Wildman–Crippen LogP) is 2.74. The second-order valence-electron chi connectivity index (χ2n) is 7.43. The summed E-state index contributed by atoms with van der Waals surface area (Å²) in [7, 11) is 1.35. The van der Waals surface area contributed by atoms with E-state index in [1.165, 1.54) is 13.5 Å². The summed E-state index contributed by atoms with van der Waals surface area (Å²) in [5.74, 6) is -0.0977. The van der Waals surface area contributed by atoms with Gasteiger partial charge in [0.25, 0.3) is 0 Å². The molecule has 0 aromatic heterocycles. The van der Waals surface area contributed by atoms with Gasteiger partial charge in [-0.25, -0.2) is 4.79 Å². The monoisotopic (exact) mass is 384 g/mol. The lowest BCUT2D eigenvalue weighted by molar-refractivity contribution is -0.140. The second-order valence-corrected chi connectivity index (χ2v) is 7.43. The van der Waals surface area contributed by atoms with Gasteiger partial charge in [-0.1, -0.05) is 12.1 Å². The first-order chi connectivity index (χ1) is 13.6. The molecule has 0 bridgehead atoms. The van der Waals surface area contributed by atoms with E-state index in [-0.39, 0.29) is 23.7 Å². The number of hydrogen-bond donors (Lipinski definition) is 0. The molecular formula is C22H28N2O4. The number of piperidine rings is 2. The molecule has 2 amide bonds. The molecule has 0 aliphatic carbocycles. The average molecular weight is 384 g/mol. The molecule has 2 aliphatic heterocycles. The smallest absolute Gasteiger partial charge is 0.337 e. The van der Waals surface area contributed by atoms with Crippen LogP contribution in [0.1, 0.15) is 48.0 Å². The zero-order valence-corrected chi connectivity index (χ0v) is 16.4. The summed E-state index contributed by atoms with van der Waals surface area (Å²) in [6.07, 6.45) is 8.21. The number of methoxy groups -OCH3 is 1. The fourth-order valence-electron chi connectivity index (χ4n) is 3.84. The first kappa shape index (κ1) is 20.1. The Morgan fingerprint density at radius 1 is 0.929 bits per heavy atom. The average Bonchev–Trinajstić information content (AvgIpc) is 2.77. The molecule has 0 atom stereocenters. The van der Waals surface area contributed by atoms with Crippen molar-refractivity contribution in [3.63, 3.8) is 0 Å². The molecular weight excluding hydrogens is 356 g/mol. The summed E-state index contributed by atoms with van der Waals surface area (Å²) in [6.45, 7) is 3.01. The Morgan fingerprint density at radius 2 is 1.57 bits per heavy atom. The van der Waals surface area contributed by atoms with Crippen LogP contribution in [0.3, 0.4) is 0 Å². The Morgan fingerprint density at radius 3 is 2.18 bits per heavy atom. The molecule has 6 heteroatoms. The zero-order valence-electron chi connectivity index (χ0n) is 16.4. The number of rotatable bonds is 4. The molecule has 1 aromatic rings. The van der Waals surface area contributed by atoms with E-state index in [1.54, 1.807) is 41.3 Å². The highest BCUT2D eigenvalue weighted by atomic mass is 16.5. The minimum atomic E-state index is -0.381. The Bertz CT molecular complexity index is 727. The third-order valence-electron chi connectivity index (χ3n) is 5.57. The Labute approximate surface area is 166 Å². The number of benzene rings is 1. The number of hydrogen-bond acceptors (Lipinski definition) is 4. The van der Waals surface area contributed by atoms with Gasteiger partial charge in [0, 0.05) is 38.2 Å². The molecule has 0 radical (unpaired) electrons. The van der Waals surface area contributed by atoms with Gasteiger partial charge in [0.05, 0.1) is 12.7 Å². The van der Waals surface area contributed by atoms with Crippen molar-refractivity contribution < 1.29 is 19.1 Å². The van der Waals surface area contributed by atoms with E-state index in [4.69, 9.17) is 0 Å². The SMILES string of the molecule is COC(=O)c1ccc(/C=C/C(=O)N2CCC(C(=O)N3CCCCC3)CC2)cc1. The van der Waals surface area contributed by atoms with Gasteiger partial charge in [-0.05, 0) is 55.9 Å². The maximum absolute atomic E-state index is 12.6. The third kappa shape index (κ3) is 5.00. The highest BCUT2D eigenvalue weighted by Gasteiger charge is 2.30. The summed E-state index contributed by atoms with van der Waals surface area (Å²) in [5, 5.41) is 0. The van der Waals surface area contributed by atoms with E-state index in [1.807, 2.05) is 4.90 Å². The van der Waals surface area contributed by atoms with Gasteiger partial charge < -0.3 is 14.5 Å². The molecule has 2 fully saturated rings. The predicted molar refractivity (Wildman–Crippen MR) is 107 cm³/mol. The zero-order chi connectivity index (χ0) is 19.9. The molecule has 2 heterocycles. The molecule has 150 valence electrons. The normalized spacial score (nSPS) is 18.3. The molecule has 3 rings (SSSR count). The summed E-state index contributed by atoms with van der Waals surface area (Å²) >= 11 is 0. The number of esters is 1. The van der Waals surface area contributed by atoms with E-state index in [0.29, 0.717) is 18.7 Å². The fraction of sp³-hybridized carbons (Fsp3) is 0.500. The van der Waals surface area contributed by atoms with Gasteiger partial charge in [-0.2, -0.15) is 0 Å². The van der Waals surface area contributed by atoms with Crippen molar-refractivity contribution in [3.8, 4) is 0 Å². The lowest BCUT2D eigenvalue weighted by Crippen LogP contribution is -2.45. The van der Waals surface area contributed by atoms with Gasteiger partial charge in [0.15, 0.2) is 0 Å². The van der Waals surface area contributed by atoms with Crippen LogP contribution in [-0.2, 0) is 14.3 Å². The maximum atomic E-state index is 12.6. The van der Waals surface area contributed by atoms with E-state index in [9.17, 15) is 14.4 Å². The molecule has 2 saturated heterocycles. The van der Waals surface area contributed by atoms with Crippen LogP contribution in [0, 0.1) is 5.92 Å². The number of amides is 2. The van der Waals surface area contributed by atoms with Crippen molar-refractivity contribution >= 4 is 23.9 Å².